The molecule has 3 aromatic carbocycles. The third-order valence-electron chi connectivity index (χ3n) is 5.24. The van der Waals surface area contributed by atoms with Crippen molar-refractivity contribution in [1.82, 2.24) is 4.90 Å². The summed E-state index contributed by atoms with van der Waals surface area (Å²) in [5.74, 6) is -0.00797. The lowest BCUT2D eigenvalue weighted by atomic mass is 10.1. The second kappa shape index (κ2) is 10.9. The maximum atomic E-state index is 13.0. The van der Waals surface area contributed by atoms with E-state index in [-0.39, 0.29) is 11.5 Å². The summed E-state index contributed by atoms with van der Waals surface area (Å²) in [5.41, 5.74) is 2.45. The molecule has 7 nitrogen and oxygen atoms in total. The number of hydrogen-bond acceptors (Lipinski definition) is 6. The molecule has 178 valence electrons. The third-order valence-corrected chi connectivity index (χ3v) is 6.25. The Labute approximate surface area is 207 Å². The van der Waals surface area contributed by atoms with Crippen LogP contribution >= 0.6 is 11.8 Å². The Kier molecular flexibility index (Phi) is 7.52. The molecule has 1 heterocycles. The minimum atomic E-state index is -1.03. The number of hydrogen-bond donors (Lipinski definition) is 1. The summed E-state index contributed by atoms with van der Waals surface area (Å²) < 4.78 is 11.4. The number of amides is 1. The Morgan fingerprint density at radius 2 is 1.86 bits per heavy atom. The van der Waals surface area contributed by atoms with Gasteiger partial charge in [-0.3, -0.25) is 9.69 Å². The molecule has 0 unspecified atom stereocenters. The minimum absolute atomic E-state index is 0.140. The molecule has 0 aliphatic carbocycles. The van der Waals surface area contributed by atoms with Crippen LogP contribution in [0.5, 0.6) is 11.5 Å². The first kappa shape index (κ1) is 24.1. The molecule has 1 aliphatic rings. The maximum Gasteiger partial charge on any atom is 0.335 e. The van der Waals surface area contributed by atoms with E-state index in [2.05, 4.69) is 4.99 Å². The molecule has 1 saturated heterocycles. The number of aliphatic imine (C=N–C) groups is 1. The Morgan fingerprint density at radius 3 is 2.57 bits per heavy atom. The first-order valence-corrected chi connectivity index (χ1v) is 11.8. The number of carboxylic acid groups (broad SMARTS) is 1. The van der Waals surface area contributed by atoms with E-state index in [4.69, 9.17) is 9.47 Å². The molecular formula is C27H24N2O5S. The second-order valence-corrected chi connectivity index (χ2v) is 8.60. The average Bonchev–Trinajstić information content (AvgIpc) is 3.17. The number of nitrogens with zero attached hydrogens (tertiary/aromatic N) is 2. The highest BCUT2D eigenvalue weighted by molar-refractivity contribution is 8.18. The van der Waals surface area contributed by atoms with Crippen molar-refractivity contribution < 1.29 is 24.2 Å². The van der Waals surface area contributed by atoms with Gasteiger partial charge >= 0.3 is 5.97 Å². The first-order valence-electron chi connectivity index (χ1n) is 11.0. The number of thioether (sulfide) groups is 1. The van der Waals surface area contributed by atoms with Crippen LogP contribution in [0.2, 0.25) is 0 Å². The summed E-state index contributed by atoms with van der Waals surface area (Å²) in [6, 6.07) is 21.7. The number of rotatable bonds is 8. The molecule has 4 rings (SSSR count). The number of carbonyl (C=O) groups excluding carboxylic acids is 1. The average molecular weight is 489 g/mol. The van der Waals surface area contributed by atoms with Gasteiger partial charge in [0.15, 0.2) is 16.7 Å². The van der Waals surface area contributed by atoms with Gasteiger partial charge in [-0.2, -0.15) is 0 Å². The van der Waals surface area contributed by atoms with Crippen molar-refractivity contribution in [3.63, 3.8) is 0 Å². The minimum Gasteiger partial charge on any atom is -0.493 e. The standard InChI is InChI=1S/C27H24N2O5S/c1-3-29-25(30)24(35-27(29)28-21-11-7-10-20(16-21)26(31)32)15-19-12-13-22(23(14-19)33-2)34-17-18-8-5-4-6-9-18/h4-16H,3,17H2,1-2H3,(H,31,32). The lowest BCUT2D eigenvalue weighted by Crippen LogP contribution is -2.28. The highest BCUT2D eigenvalue weighted by atomic mass is 32.2. The molecule has 0 saturated carbocycles. The fourth-order valence-electron chi connectivity index (χ4n) is 3.47. The molecule has 1 aliphatic heterocycles. The van der Waals surface area contributed by atoms with Crippen molar-refractivity contribution in [3.8, 4) is 11.5 Å². The zero-order valence-electron chi connectivity index (χ0n) is 19.3. The zero-order chi connectivity index (χ0) is 24.8. The predicted molar refractivity (Wildman–Crippen MR) is 137 cm³/mol. The number of carbonyl (C=O) groups is 2. The third kappa shape index (κ3) is 5.73. The van der Waals surface area contributed by atoms with Crippen molar-refractivity contribution in [2.45, 2.75) is 13.5 Å². The van der Waals surface area contributed by atoms with Gasteiger partial charge in [0.1, 0.15) is 6.61 Å². The van der Waals surface area contributed by atoms with E-state index in [0.29, 0.717) is 40.4 Å². The molecule has 0 spiro atoms. The summed E-state index contributed by atoms with van der Waals surface area (Å²) in [5, 5.41) is 9.72. The fourth-order valence-corrected chi connectivity index (χ4v) is 4.53. The molecule has 1 N–H and O–H groups in total. The van der Waals surface area contributed by atoms with Crippen LogP contribution in [0.15, 0.2) is 82.7 Å². The Morgan fingerprint density at radius 1 is 1.06 bits per heavy atom. The predicted octanol–water partition coefficient (Wildman–Crippen LogP) is 5.60. The number of benzene rings is 3. The number of likely N-dealkylation sites (N-methyl/N-ethyl adjacent to an activating group) is 1. The summed E-state index contributed by atoms with van der Waals surface area (Å²) in [7, 11) is 1.58. The van der Waals surface area contributed by atoms with Crippen molar-refractivity contribution >= 4 is 40.6 Å². The van der Waals surface area contributed by atoms with E-state index in [0.717, 1.165) is 11.1 Å². The fraction of sp³-hybridized carbons (Fsp3) is 0.148. The van der Waals surface area contributed by atoms with E-state index in [9.17, 15) is 14.7 Å². The summed E-state index contributed by atoms with van der Waals surface area (Å²) in [6.07, 6.45) is 1.79. The summed E-state index contributed by atoms with van der Waals surface area (Å²) in [4.78, 5) is 30.9. The Hall–Kier alpha value is -4.04. The van der Waals surface area contributed by atoms with Crippen LogP contribution in [0, 0.1) is 0 Å². The SMILES string of the molecule is CCN1C(=O)C(=Cc2ccc(OCc3ccccc3)c(OC)c2)SC1=Nc1cccc(C(=O)O)c1. The van der Waals surface area contributed by atoms with Crippen LogP contribution < -0.4 is 9.47 Å². The topological polar surface area (TPSA) is 88.4 Å². The van der Waals surface area contributed by atoms with Gasteiger partial charge in [0.25, 0.3) is 5.91 Å². The van der Waals surface area contributed by atoms with Gasteiger partial charge in [-0.25, -0.2) is 9.79 Å². The van der Waals surface area contributed by atoms with Crippen LogP contribution in [-0.2, 0) is 11.4 Å². The van der Waals surface area contributed by atoms with E-state index >= 15 is 0 Å². The number of methoxy groups -OCH3 is 1. The molecule has 1 fully saturated rings. The summed E-state index contributed by atoms with van der Waals surface area (Å²) in [6.45, 7) is 2.73. The van der Waals surface area contributed by atoms with E-state index < -0.39 is 5.97 Å². The zero-order valence-corrected chi connectivity index (χ0v) is 20.1. The first-order chi connectivity index (χ1) is 17.0. The van der Waals surface area contributed by atoms with Gasteiger partial charge in [-0.1, -0.05) is 42.5 Å². The molecule has 8 heteroatoms. The molecule has 1 amide bonds. The Bertz CT molecular complexity index is 1300. The summed E-state index contributed by atoms with van der Waals surface area (Å²) >= 11 is 1.25. The number of ether oxygens (including phenoxy) is 2. The second-order valence-electron chi connectivity index (χ2n) is 7.59. The molecule has 0 aromatic heterocycles. The molecule has 35 heavy (non-hydrogen) atoms. The smallest absolute Gasteiger partial charge is 0.335 e. The van der Waals surface area contributed by atoms with Crippen molar-refractivity contribution in [2.24, 2.45) is 4.99 Å². The maximum absolute atomic E-state index is 13.0. The van der Waals surface area contributed by atoms with Crippen molar-refractivity contribution in [1.29, 1.82) is 0 Å². The number of amidine groups is 1. The highest BCUT2D eigenvalue weighted by Crippen LogP contribution is 2.36. The van der Waals surface area contributed by atoms with Gasteiger partial charge < -0.3 is 14.6 Å². The lowest BCUT2D eigenvalue weighted by molar-refractivity contribution is -0.122. The van der Waals surface area contributed by atoms with E-state index in [1.165, 1.54) is 23.9 Å². The van der Waals surface area contributed by atoms with E-state index in [1.807, 2.05) is 55.5 Å². The van der Waals surface area contributed by atoms with Gasteiger partial charge in [-0.15, -0.1) is 0 Å². The van der Waals surface area contributed by atoms with Crippen LogP contribution in [0.1, 0.15) is 28.4 Å². The molecule has 0 bridgehead atoms. The lowest BCUT2D eigenvalue weighted by Gasteiger charge is -2.12. The van der Waals surface area contributed by atoms with Crippen molar-refractivity contribution in [3.05, 3.63) is 94.4 Å². The largest absolute Gasteiger partial charge is 0.493 e. The van der Waals surface area contributed by atoms with Gasteiger partial charge in [0.05, 0.1) is 23.3 Å². The highest BCUT2D eigenvalue weighted by Gasteiger charge is 2.32. The van der Waals surface area contributed by atoms with Crippen LogP contribution in [0.3, 0.4) is 0 Å². The monoisotopic (exact) mass is 488 g/mol. The van der Waals surface area contributed by atoms with Crippen LogP contribution in [0.4, 0.5) is 5.69 Å². The van der Waals surface area contributed by atoms with Gasteiger partial charge in [0.2, 0.25) is 0 Å². The van der Waals surface area contributed by atoms with Crippen LogP contribution in [-0.4, -0.2) is 40.7 Å². The van der Waals surface area contributed by atoms with Gasteiger partial charge in [0, 0.05) is 6.54 Å². The number of aromatic carboxylic acids is 1. The molecule has 0 radical (unpaired) electrons. The molecule has 0 atom stereocenters. The Balaban J connectivity index is 1.56. The molecule has 3 aromatic rings. The van der Waals surface area contributed by atoms with E-state index in [1.54, 1.807) is 30.2 Å². The quantitative estimate of drug-likeness (QED) is 0.416. The van der Waals surface area contributed by atoms with Gasteiger partial charge in [-0.05, 0) is 66.2 Å². The normalized spacial score (nSPS) is 15.6. The number of carboxylic acids is 1. The molecular weight excluding hydrogens is 464 g/mol. The van der Waals surface area contributed by atoms with Crippen LogP contribution in [0.25, 0.3) is 6.08 Å². The van der Waals surface area contributed by atoms with Crippen molar-refractivity contribution in [2.75, 3.05) is 13.7 Å².